The summed E-state index contributed by atoms with van der Waals surface area (Å²) in [7, 11) is 0. The third kappa shape index (κ3) is 2.36. The van der Waals surface area contributed by atoms with Crippen LogP contribution in [0, 0.1) is 23.3 Å². The SMILES string of the molecule is O=C([O-])COc1c(F)c(F)cc(F)c1F. The monoisotopic (exact) mass is 223 g/mol. The van der Waals surface area contributed by atoms with Crippen molar-refractivity contribution in [2.75, 3.05) is 6.61 Å². The quantitative estimate of drug-likeness (QED) is 0.549. The van der Waals surface area contributed by atoms with Gasteiger partial charge in [-0.05, 0) is 0 Å². The maximum Gasteiger partial charge on any atom is 0.203 e. The first-order chi connectivity index (χ1) is 6.93. The first-order valence-corrected chi connectivity index (χ1v) is 3.59. The zero-order chi connectivity index (χ0) is 11.6. The Kier molecular flexibility index (Phi) is 3.13. The highest BCUT2D eigenvalue weighted by Gasteiger charge is 2.20. The number of rotatable bonds is 3. The van der Waals surface area contributed by atoms with Crippen molar-refractivity contribution in [3.63, 3.8) is 0 Å². The van der Waals surface area contributed by atoms with Gasteiger partial charge in [-0.2, -0.15) is 8.78 Å². The number of benzene rings is 1. The van der Waals surface area contributed by atoms with E-state index in [1.807, 2.05) is 0 Å². The molecule has 0 aliphatic rings. The Bertz CT molecular complexity index is 379. The summed E-state index contributed by atoms with van der Waals surface area (Å²) in [6, 6.07) is -0.0173. The molecule has 0 aliphatic carbocycles. The van der Waals surface area contributed by atoms with Crippen molar-refractivity contribution in [3.05, 3.63) is 29.3 Å². The van der Waals surface area contributed by atoms with E-state index in [0.29, 0.717) is 0 Å². The van der Waals surface area contributed by atoms with E-state index in [1.165, 1.54) is 0 Å². The summed E-state index contributed by atoms with van der Waals surface area (Å²) in [4.78, 5) is 9.90. The Balaban J connectivity index is 3.09. The number of carbonyl (C=O) groups excluding carboxylic acids is 1. The lowest BCUT2D eigenvalue weighted by Crippen LogP contribution is -2.29. The van der Waals surface area contributed by atoms with Crippen molar-refractivity contribution in [2.24, 2.45) is 0 Å². The molecular weight excluding hydrogens is 220 g/mol. The van der Waals surface area contributed by atoms with E-state index < -0.39 is 41.6 Å². The molecule has 0 saturated carbocycles. The van der Waals surface area contributed by atoms with Crippen molar-refractivity contribution in [2.45, 2.75) is 0 Å². The molecule has 0 amide bonds. The van der Waals surface area contributed by atoms with Crippen molar-refractivity contribution >= 4 is 5.97 Å². The summed E-state index contributed by atoms with van der Waals surface area (Å²) in [5, 5.41) is 9.90. The van der Waals surface area contributed by atoms with Gasteiger partial charge < -0.3 is 14.6 Å². The smallest absolute Gasteiger partial charge is 0.203 e. The van der Waals surface area contributed by atoms with Crippen molar-refractivity contribution < 1.29 is 32.2 Å². The molecule has 0 aromatic heterocycles. The Morgan fingerprint density at radius 3 is 2.07 bits per heavy atom. The second kappa shape index (κ2) is 4.16. The van der Waals surface area contributed by atoms with Crippen LogP contribution in [0.25, 0.3) is 0 Å². The van der Waals surface area contributed by atoms with Gasteiger partial charge in [-0.15, -0.1) is 0 Å². The van der Waals surface area contributed by atoms with Crippen LogP contribution in [0.1, 0.15) is 0 Å². The van der Waals surface area contributed by atoms with Crippen molar-refractivity contribution in [1.82, 2.24) is 0 Å². The fourth-order valence-corrected chi connectivity index (χ4v) is 0.809. The van der Waals surface area contributed by atoms with Crippen LogP contribution in [-0.4, -0.2) is 12.6 Å². The molecule has 0 fully saturated rings. The van der Waals surface area contributed by atoms with Gasteiger partial charge in [-0.25, -0.2) is 8.78 Å². The maximum atomic E-state index is 12.8. The van der Waals surface area contributed by atoms with E-state index in [2.05, 4.69) is 4.74 Å². The topological polar surface area (TPSA) is 49.4 Å². The van der Waals surface area contributed by atoms with E-state index in [0.717, 1.165) is 0 Å². The largest absolute Gasteiger partial charge is 0.546 e. The molecule has 7 heteroatoms. The molecule has 0 saturated heterocycles. The lowest BCUT2D eigenvalue weighted by atomic mass is 10.3. The first kappa shape index (κ1) is 11.3. The fourth-order valence-electron chi connectivity index (χ4n) is 0.809. The summed E-state index contributed by atoms with van der Waals surface area (Å²) in [6.07, 6.45) is 0. The van der Waals surface area contributed by atoms with E-state index in [1.54, 1.807) is 0 Å². The van der Waals surface area contributed by atoms with Crippen LogP contribution in [0.2, 0.25) is 0 Å². The molecule has 0 aliphatic heterocycles. The number of hydrogen-bond donors (Lipinski definition) is 0. The summed E-state index contributed by atoms with van der Waals surface area (Å²) >= 11 is 0. The standard InChI is InChI=1S/C8H4F4O3/c9-3-1-4(10)7(12)8(6(3)11)15-2-5(13)14/h1H,2H2,(H,13,14)/p-1. The molecule has 15 heavy (non-hydrogen) atoms. The van der Waals surface area contributed by atoms with Gasteiger partial charge in [0.05, 0.1) is 5.97 Å². The number of carboxylic acid groups (broad SMARTS) is 1. The van der Waals surface area contributed by atoms with Crippen LogP contribution in [0.3, 0.4) is 0 Å². The predicted octanol–water partition coefficient (Wildman–Crippen LogP) is 0.372. The zero-order valence-corrected chi connectivity index (χ0v) is 7.02. The number of halogens is 4. The summed E-state index contributed by atoms with van der Waals surface area (Å²) in [5.74, 6) is -10.1. The minimum Gasteiger partial charge on any atom is -0.546 e. The molecule has 0 atom stereocenters. The van der Waals surface area contributed by atoms with Crippen LogP contribution in [0.15, 0.2) is 6.07 Å². The maximum absolute atomic E-state index is 12.8. The molecule has 0 heterocycles. The van der Waals surface area contributed by atoms with E-state index in [-0.39, 0.29) is 6.07 Å². The highest BCUT2D eigenvalue weighted by atomic mass is 19.2. The van der Waals surface area contributed by atoms with Gasteiger partial charge in [-0.3, -0.25) is 0 Å². The zero-order valence-electron chi connectivity index (χ0n) is 7.02. The molecule has 82 valence electrons. The molecule has 0 spiro atoms. The predicted molar refractivity (Wildman–Crippen MR) is 36.8 cm³/mol. The molecular formula is C8H3F4O3-. The average Bonchev–Trinajstić information content (AvgIpc) is 2.14. The fraction of sp³-hybridized carbons (Fsp3) is 0.125. The highest BCUT2D eigenvalue weighted by Crippen LogP contribution is 2.26. The molecule has 1 rings (SSSR count). The number of carboxylic acids is 1. The minimum absolute atomic E-state index is 0.0173. The third-order valence-electron chi connectivity index (χ3n) is 1.41. The molecule has 1 aromatic carbocycles. The van der Waals surface area contributed by atoms with Crippen molar-refractivity contribution in [3.8, 4) is 5.75 Å². The highest BCUT2D eigenvalue weighted by molar-refractivity contribution is 5.66. The molecule has 3 nitrogen and oxygen atoms in total. The lowest BCUT2D eigenvalue weighted by Gasteiger charge is -2.09. The van der Waals surface area contributed by atoms with Crippen LogP contribution >= 0.6 is 0 Å². The van der Waals surface area contributed by atoms with Crippen LogP contribution in [0.4, 0.5) is 17.6 Å². The lowest BCUT2D eigenvalue weighted by molar-refractivity contribution is -0.307. The van der Waals surface area contributed by atoms with Gasteiger partial charge in [0.25, 0.3) is 0 Å². The second-order valence-electron chi connectivity index (χ2n) is 2.46. The van der Waals surface area contributed by atoms with Crippen LogP contribution in [0.5, 0.6) is 5.75 Å². The van der Waals surface area contributed by atoms with Crippen LogP contribution in [-0.2, 0) is 4.79 Å². The van der Waals surface area contributed by atoms with E-state index in [4.69, 9.17) is 0 Å². The number of carbonyl (C=O) groups is 1. The number of ether oxygens (including phenoxy) is 1. The van der Waals surface area contributed by atoms with Gasteiger partial charge in [0.1, 0.15) is 6.61 Å². The second-order valence-corrected chi connectivity index (χ2v) is 2.46. The summed E-state index contributed by atoms with van der Waals surface area (Å²) in [5.41, 5.74) is 0. The van der Waals surface area contributed by atoms with E-state index >= 15 is 0 Å². The average molecular weight is 223 g/mol. The van der Waals surface area contributed by atoms with Gasteiger partial charge in [0.15, 0.2) is 17.4 Å². The minimum atomic E-state index is -1.80. The molecule has 0 bridgehead atoms. The first-order valence-electron chi connectivity index (χ1n) is 3.59. The van der Waals surface area contributed by atoms with Crippen molar-refractivity contribution in [1.29, 1.82) is 0 Å². The molecule has 1 aromatic rings. The van der Waals surface area contributed by atoms with Gasteiger partial charge in [-0.1, -0.05) is 0 Å². The van der Waals surface area contributed by atoms with E-state index in [9.17, 15) is 27.5 Å². The Morgan fingerprint density at radius 2 is 1.67 bits per heavy atom. The van der Waals surface area contributed by atoms with Gasteiger partial charge in [0, 0.05) is 6.07 Å². The number of hydrogen-bond acceptors (Lipinski definition) is 3. The molecule has 0 unspecified atom stereocenters. The van der Waals surface area contributed by atoms with Crippen LogP contribution < -0.4 is 9.84 Å². The summed E-state index contributed by atoms with van der Waals surface area (Å²) in [6.45, 7) is -1.21. The molecule has 0 N–H and O–H groups in total. The van der Waals surface area contributed by atoms with Gasteiger partial charge >= 0.3 is 0 Å². The Hall–Kier alpha value is -1.79. The third-order valence-corrected chi connectivity index (χ3v) is 1.41. The van der Waals surface area contributed by atoms with Gasteiger partial charge in [0.2, 0.25) is 11.6 Å². The summed E-state index contributed by atoms with van der Waals surface area (Å²) < 4.78 is 54.6. The normalized spacial score (nSPS) is 10.1. The Morgan fingerprint density at radius 1 is 1.20 bits per heavy atom. The number of aliphatic carboxylic acids is 1. The Labute approximate surface area is 80.9 Å². The molecule has 0 radical (unpaired) electrons.